The van der Waals surface area contributed by atoms with Crippen LogP contribution in [-0.4, -0.2) is 11.1 Å². The first-order chi connectivity index (χ1) is 11.7. The first-order valence-electron chi connectivity index (χ1n) is 11.5. The summed E-state index contributed by atoms with van der Waals surface area (Å²) >= 11 is 0. The summed E-state index contributed by atoms with van der Waals surface area (Å²) in [6, 6.07) is 0. The zero-order valence-corrected chi connectivity index (χ0v) is 16.9. The van der Waals surface area contributed by atoms with Gasteiger partial charge in [-0.25, -0.2) is 0 Å². The van der Waals surface area contributed by atoms with Crippen LogP contribution in [-0.2, 0) is 0 Å². The summed E-state index contributed by atoms with van der Waals surface area (Å²) in [5.74, 6) is 3.21. The summed E-state index contributed by atoms with van der Waals surface area (Å²) in [6.45, 7) is 7.81. The van der Waals surface area contributed by atoms with E-state index in [0.717, 1.165) is 17.8 Å². The van der Waals surface area contributed by atoms with E-state index < -0.39 is 0 Å². The van der Waals surface area contributed by atoms with E-state index in [2.05, 4.69) is 26.1 Å². The molecule has 1 heteroatoms. The minimum atomic E-state index is 0.486. The van der Waals surface area contributed by atoms with Crippen molar-refractivity contribution in [3.8, 4) is 0 Å². The van der Waals surface area contributed by atoms with Gasteiger partial charge in [0.15, 0.2) is 0 Å². The molecule has 8 aliphatic rings. The van der Waals surface area contributed by atoms with Crippen molar-refractivity contribution in [1.82, 2.24) is 5.32 Å². The van der Waals surface area contributed by atoms with Crippen molar-refractivity contribution in [1.29, 1.82) is 0 Å². The monoisotopic (exact) mass is 341 g/mol. The molecule has 8 bridgehead atoms. The summed E-state index contributed by atoms with van der Waals surface area (Å²) in [4.78, 5) is 0. The lowest BCUT2D eigenvalue weighted by Crippen LogP contribution is -2.73. The molecule has 8 aliphatic carbocycles. The first-order valence-corrected chi connectivity index (χ1v) is 11.5. The molecule has 0 saturated heterocycles. The Kier molecular flexibility index (Phi) is 2.88. The van der Waals surface area contributed by atoms with E-state index in [1.54, 1.807) is 19.3 Å². The van der Waals surface area contributed by atoms with Gasteiger partial charge in [-0.3, -0.25) is 0 Å². The van der Waals surface area contributed by atoms with Crippen LogP contribution in [0.3, 0.4) is 0 Å². The molecule has 25 heavy (non-hydrogen) atoms. The second kappa shape index (κ2) is 4.50. The van der Waals surface area contributed by atoms with Gasteiger partial charge in [-0.2, -0.15) is 0 Å². The third kappa shape index (κ3) is 2.23. The van der Waals surface area contributed by atoms with Gasteiger partial charge in [-0.15, -0.1) is 0 Å². The molecule has 8 fully saturated rings. The van der Waals surface area contributed by atoms with Gasteiger partial charge >= 0.3 is 0 Å². The lowest BCUT2D eigenvalue weighted by Gasteiger charge is -2.72. The molecule has 0 aromatic rings. The van der Waals surface area contributed by atoms with E-state index in [9.17, 15) is 0 Å². The standard InChI is InChI=1S/C24H39N/c1-4-22-12-20(2)11-21(3,13-22)15-24(14-20,16-22)25-23-8-17-5-18(9-23)7-19(6-17)10-23/h17-19,25H,4-16H2,1-3H3. The third-order valence-electron chi connectivity index (χ3n) is 10.0. The average Bonchev–Trinajstić information content (AvgIpc) is 2.40. The highest BCUT2D eigenvalue weighted by atomic mass is 15.1. The second-order valence-electron chi connectivity index (χ2n) is 13.1. The maximum atomic E-state index is 4.58. The second-order valence-corrected chi connectivity index (χ2v) is 13.1. The fourth-order valence-corrected chi connectivity index (χ4v) is 11.3. The molecule has 0 heterocycles. The highest BCUT2D eigenvalue weighted by Crippen LogP contribution is 2.72. The van der Waals surface area contributed by atoms with Crippen LogP contribution in [0.15, 0.2) is 0 Å². The summed E-state index contributed by atoms with van der Waals surface area (Å²) in [7, 11) is 0. The van der Waals surface area contributed by atoms with Gasteiger partial charge in [0.1, 0.15) is 0 Å². The Morgan fingerprint density at radius 1 is 0.680 bits per heavy atom. The van der Waals surface area contributed by atoms with Crippen LogP contribution in [0.1, 0.15) is 104 Å². The minimum absolute atomic E-state index is 0.486. The Labute approximate surface area is 155 Å². The third-order valence-corrected chi connectivity index (χ3v) is 10.0. The topological polar surface area (TPSA) is 12.0 Å². The molecule has 140 valence electrons. The molecule has 0 radical (unpaired) electrons. The van der Waals surface area contributed by atoms with Crippen LogP contribution in [0.25, 0.3) is 0 Å². The lowest BCUT2D eigenvalue weighted by molar-refractivity contribution is -0.180. The first kappa shape index (κ1) is 16.0. The molecule has 8 rings (SSSR count). The fraction of sp³-hybridized carbons (Fsp3) is 1.00. The van der Waals surface area contributed by atoms with Crippen LogP contribution in [0.2, 0.25) is 0 Å². The summed E-state index contributed by atoms with van der Waals surface area (Å²) in [5, 5.41) is 4.58. The average molecular weight is 342 g/mol. The Bertz CT molecular complexity index is 550. The quantitative estimate of drug-likeness (QED) is 0.656. The summed E-state index contributed by atoms with van der Waals surface area (Å²) in [5.41, 5.74) is 2.93. The van der Waals surface area contributed by atoms with E-state index in [1.165, 1.54) is 64.2 Å². The molecule has 1 N–H and O–H groups in total. The maximum absolute atomic E-state index is 4.58. The van der Waals surface area contributed by atoms with E-state index in [1.807, 2.05) is 0 Å². The van der Waals surface area contributed by atoms with E-state index in [0.29, 0.717) is 27.3 Å². The SMILES string of the molecule is CCC12CC3(C)CC(C)(C1)CC(NC14CC5CC(CC(C5)C1)C4)(C3)C2. The Balaban J connectivity index is 1.36. The van der Waals surface area contributed by atoms with Crippen molar-refractivity contribution in [3.05, 3.63) is 0 Å². The number of hydrogen-bond acceptors (Lipinski definition) is 1. The molecule has 0 amide bonds. The normalized spacial score (nSPS) is 64.2. The van der Waals surface area contributed by atoms with Crippen LogP contribution >= 0.6 is 0 Å². The zero-order chi connectivity index (χ0) is 17.1. The van der Waals surface area contributed by atoms with Gasteiger partial charge in [0.25, 0.3) is 0 Å². The number of rotatable bonds is 3. The van der Waals surface area contributed by atoms with Crippen LogP contribution in [0.4, 0.5) is 0 Å². The van der Waals surface area contributed by atoms with E-state index in [-0.39, 0.29) is 0 Å². The molecule has 1 nitrogen and oxygen atoms in total. The number of nitrogens with one attached hydrogen (secondary N) is 1. The maximum Gasteiger partial charge on any atom is 0.0202 e. The molecule has 0 aromatic carbocycles. The van der Waals surface area contributed by atoms with Gasteiger partial charge in [-0.05, 0) is 111 Å². The highest BCUT2D eigenvalue weighted by Gasteiger charge is 2.66. The molecule has 0 spiro atoms. The van der Waals surface area contributed by atoms with Crippen molar-refractivity contribution in [2.75, 3.05) is 0 Å². The molecule has 2 unspecified atom stereocenters. The highest BCUT2D eigenvalue weighted by molar-refractivity contribution is 5.21. The predicted molar refractivity (Wildman–Crippen MR) is 103 cm³/mol. The molecule has 2 atom stereocenters. The molecular weight excluding hydrogens is 302 g/mol. The number of hydrogen-bond donors (Lipinski definition) is 1. The van der Waals surface area contributed by atoms with Gasteiger partial charge < -0.3 is 5.32 Å². The largest absolute Gasteiger partial charge is 0.306 e. The van der Waals surface area contributed by atoms with Crippen LogP contribution in [0, 0.1) is 34.0 Å². The lowest BCUT2D eigenvalue weighted by atomic mass is 9.37. The molecule has 0 aliphatic heterocycles. The van der Waals surface area contributed by atoms with E-state index in [4.69, 9.17) is 0 Å². The predicted octanol–water partition coefficient (Wildman–Crippen LogP) is 6.07. The fourth-order valence-electron chi connectivity index (χ4n) is 11.3. The van der Waals surface area contributed by atoms with Gasteiger partial charge in [-0.1, -0.05) is 27.2 Å². The molecular formula is C24H39N. The summed E-state index contributed by atoms with van der Waals surface area (Å²) in [6.07, 6.45) is 19.7. The molecule has 0 aromatic heterocycles. The van der Waals surface area contributed by atoms with Crippen LogP contribution < -0.4 is 5.32 Å². The smallest absolute Gasteiger partial charge is 0.0202 e. The zero-order valence-electron chi connectivity index (χ0n) is 16.9. The Hall–Kier alpha value is -0.0400. The summed E-state index contributed by atoms with van der Waals surface area (Å²) < 4.78 is 0. The Morgan fingerprint density at radius 3 is 1.68 bits per heavy atom. The van der Waals surface area contributed by atoms with Crippen molar-refractivity contribution in [2.45, 2.75) is 115 Å². The van der Waals surface area contributed by atoms with Crippen LogP contribution in [0.5, 0.6) is 0 Å². The van der Waals surface area contributed by atoms with Gasteiger partial charge in [0.2, 0.25) is 0 Å². The van der Waals surface area contributed by atoms with Crippen molar-refractivity contribution in [2.24, 2.45) is 34.0 Å². The van der Waals surface area contributed by atoms with Crippen molar-refractivity contribution >= 4 is 0 Å². The van der Waals surface area contributed by atoms with Crippen molar-refractivity contribution in [3.63, 3.8) is 0 Å². The Morgan fingerprint density at radius 2 is 1.20 bits per heavy atom. The van der Waals surface area contributed by atoms with E-state index >= 15 is 0 Å². The van der Waals surface area contributed by atoms with Gasteiger partial charge in [0.05, 0.1) is 0 Å². The minimum Gasteiger partial charge on any atom is -0.306 e. The van der Waals surface area contributed by atoms with Crippen molar-refractivity contribution < 1.29 is 0 Å². The molecule has 8 saturated carbocycles. The van der Waals surface area contributed by atoms with Gasteiger partial charge in [0, 0.05) is 11.1 Å².